The minimum absolute atomic E-state index is 0.567. The predicted octanol–water partition coefficient (Wildman–Crippen LogP) is 2.31. The van der Waals surface area contributed by atoms with Gasteiger partial charge in [-0.05, 0) is 32.4 Å². The fraction of sp³-hybridized carbons (Fsp3) is 0.538. The Kier molecular flexibility index (Phi) is 2.96. The van der Waals surface area contributed by atoms with E-state index in [0.29, 0.717) is 6.04 Å². The first-order chi connectivity index (χ1) is 7.20. The van der Waals surface area contributed by atoms with E-state index in [1.807, 2.05) is 0 Å². The molecule has 0 amide bonds. The van der Waals surface area contributed by atoms with Crippen molar-refractivity contribution in [1.29, 1.82) is 0 Å². The number of rotatable bonds is 1. The summed E-state index contributed by atoms with van der Waals surface area (Å²) in [6.07, 6.45) is 0. The molecule has 1 aromatic carbocycles. The predicted molar refractivity (Wildman–Crippen MR) is 65.4 cm³/mol. The number of nitrogens with zero attached hydrogens (tertiary/aromatic N) is 1. The van der Waals surface area contributed by atoms with Gasteiger partial charge < -0.3 is 10.2 Å². The van der Waals surface area contributed by atoms with Gasteiger partial charge in [-0.3, -0.25) is 0 Å². The lowest BCUT2D eigenvalue weighted by molar-refractivity contribution is 0.556. The molecule has 1 unspecified atom stereocenters. The number of hydrogen-bond acceptors (Lipinski definition) is 2. The fourth-order valence-electron chi connectivity index (χ4n) is 2.24. The average Bonchev–Trinajstić information content (AvgIpc) is 2.38. The molecule has 0 aromatic heterocycles. The van der Waals surface area contributed by atoms with Gasteiger partial charge in [0, 0.05) is 31.4 Å². The lowest BCUT2D eigenvalue weighted by atomic mass is 10.1. The highest BCUT2D eigenvalue weighted by molar-refractivity contribution is 5.55. The van der Waals surface area contributed by atoms with Crippen LogP contribution in [0.4, 0.5) is 5.69 Å². The minimum atomic E-state index is 0.567. The first kappa shape index (κ1) is 10.5. The van der Waals surface area contributed by atoms with E-state index in [9.17, 15) is 0 Å². The fourth-order valence-corrected chi connectivity index (χ4v) is 2.24. The first-order valence-electron chi connectivity index (χ1n) is 5.78. The van der Waals surface area contributed by atoms with Crippen LogP contribution in [0.15, 0.2) is 18.2 Å². The largest absolute Gasteiger partial charge is 0.370 e. The summed E-state index contributed by atoms with van der Waals surface area (Å²) in [5.74, 6) is 0. The summed E-state index contributed by atoms with van der Waals surface area (Å²) in [5, 5.41) is 3.55. The zero-order valence-corrected chi connectivity index (χ0v) is 9.88. The molecule has 0 bridgehead atoms. The Balaban J connectivity index is 2.38. The second-order valence-corrected chi connectivity index (χ2v) is 4.45. The number of aryl methyl sites for hydroxylation is 1. The second kappa shape index (κ2) is 4.23. The van der Waals surface area contributed by atoms with E-state index in [1.54, 1.807) is 0 Å². The number of hydrogen-bond donors (Lipinski definition) is 1. The van der Waals surface area contributed by atoms with Crippen molar-refractivity contribution in [2.45, 2.75) is 33.4 Å². The summed E-state index contributed by atoms with van der Waals surface area (Å²) in [6.45, 7) is 9.82. The van der Waals surface area contributed by atoms with E-state index in [0.717, 1.165) is 19.6 Å². The van der Waals surface area contributed by atoms with Crippen LogP contribution in [0, 0.1) is 6.92 Å². The Hall–Kier alpha value is -1.02. The van der Waals surface area contributed by atoms with E-state index in [4.69, 9.17) is 0 Å². The summed E-state index contributed by atoms with van der Waals surface area (Å²) in [7, 11) is 0. The molecule has 15 heavy (non-hydrogen) atoms. The average molecular weight is 204 g/mol. The Morgan fingerprint density at radius 3 is 3.00 bits per heavy atom. The van der Waals surface area contributed by atoms with Crippen molar-refractivity contribution in [3.63, 3.8) is 0 Å². The molecular weight excluding hydrogens is 184 g/mol. The SMILES string of the molecule is CCN1CC(C)NCc2cc(C)ccc21. The van der Waals surface area contributed by atoms with Crippen LogP contribution in [0.1, 0.15) is 25.0 Å². The molecule has 0 aliphatic carbocycles. The molecule has 0 spiro atoms. The summed E-state index contributed by atoms with van der Waals surface area (Å²) in [5.41, 5.74) is 4.18. The topological polar surface area (TPSA) is 15.3 Å². The molecule has 0 saturated heterocycles. The van der Waals surface area contributed by atoms with Crippen LogP contribution in [0.25, 0.3) is 0 Å². The van der Waals surface area contributed by atoms with Crippen molar-refractivity contribution in [2.75, 3.05) is 18.0 Å². The molecule has 1 aliphatic rings. The van der Waals surface area contributed by atoms with Crippen LogP contribution in [-0.4, -0.2) is 19.1 Å². The van der Waals surface area contributed by atoms with E-state index < -0.39 is 0 Å². The highest BCUT2D eigenvalue weighted by Crippen LogP contribution is 2.24. The molecule has 82 valence electrons. The van der Waals surface area contributed by atoms with Crippen LogP contribution >= 0.6 is 0 Å². The van der Waals surface area contributed by atoms with Gasteiger partial charge in [-0.15, -0.1) is 0 Å². The molecule has 1 N–H and O–H groups in total. The van der Waals surface area contributed by atoms with Crippen molar-refractivity contribution in [3.05, 3.63) is 29.3 Å². The third kappa shape index (κ3) is 2.15. The van der Waals surface area contributed by atoms with Gasteiger partial charge in [0.15, 0.2) is 0 Å². The lowest BCUT2D eigenvalue weighted by Gasteiger charge is -2.24. The van der Waals surface area contributed by atoms with Crippen molar-refractivity contribution in [3.8, 4) is 0 Å². The quantitative estimate of drug-likeness (QED) is 0.755. The maximum atomic E-state index is 3.55. The number of fused-ring (bicyclic) bond motifs is 1. The Labute approximate surface area is 92.3 Å². The van der Waals surface area contributed by atoms with E-state index in [2.05, 4.69) is 49.2 Å². The zero-order valence-electron chi connectivity index (χ0n) is 9.88. The van der Waals surface area contributed by atoms with E-state index >= 15 is 0 Å². The number of benzene rings is 1. The van der Waals surface area contributed by atoms with Crippen molar-refractivity contribution in [2.24, 2.45) is 0 Å². The standard InChI is InChI=1S/C13H20N2/c1-4-15-9-11(3)14-8-12-7-10(2)5-6-13(12)15/h5-7,11,14H,4,8-9H2,1-3H3. The zero-order chi connectivity index (χ0) is 10.8. The summed E-state index contributed by atoms with van der Waals surface area (Å²) in [6, 6.07) is 7.33. The van der Waals surface area contributed by atoms with Gasteiger partial charge in [-0.2, -0.15) is 0 Å². The maximum absolute atomic E-state index is 3.55. The number of nitrogens with one attached hydrogen (secondary N) is 1. The second-order valence-electron chi connectivity index (χ2n) is 4.45. The third-order valence-electron chi connectivity index (χ3n) is 3.09. The van der Waals surface area contributed by atoms with Gasteiger partial charge >= 0.3 is 0 Å². The molecule has 1 aliphatic heterocycles. The van der Waals surface area contributed by atoms with Crippen LogP contribution < -0.4 is 10.2 Å². The van der Waals surface area contributed by atoms with E-state index in [1.165, 1.54) is 16.8 Å². The third-order valence-corrected chi connectivity index (χ3v) is 3.09. The molecule has 0 fully saturated rings. The molecule has 1 atom stereocenters. The molecule has 2 rings (SSSR count). The monoisotopic (exact) mass is 204 g/mol. The van der Waals surface area contributed by atoms with Gasteiger partial charge in [0.05, 0.1) is 0 Å². The first-order valence-corrected chi connectivity index (χ1v) is 5.78. The molecule has 0 saturated carbocycles. The number of anilines is 1. The molecule has 1 aromatic rings. The van der Waals surface area contributed by atoms with Crippen LogP contribution in [0.3, 0.4) is 0 Å². The maximum Gasteiger partial charge on any atom is 0.0412 e. The summed E-state index contributed by atoms with van der Waals surface area (Å²) >= 11 is 0. The van der Waals surface area contributed by atoms with Gasteiger partial charge in [-0.1, -0.05) is 17.7 Å². The molecular formula is C13H20N2. The van der Waals surface area contributed by atoms with Crippen molar-refractivity contribution < 1.29 is 0 Å². The Bertz CT molecular complexity index is 346. The highest BCUT2D eigenvalue weighted by Gasteiger charge is 2.17. The van der Waals surface area contributed by atoms with Crippen molar-refractivity contribution in [1.82, 2.24) is 5.32 Å². The molecule has 2 nitrogen and oxygen atoms in total. The number of likely N-dealkylation sites (N-methyl/N-ethyl adjacent to an activating group) is 1. The van der Waals surface area contributed by atoms with Gasteiger partial charge in [0.25, 0.3) is 0 Å². The smallest absolute Gasteiger partial charge is 0.0412 e. The molecule has 0 radical (unpaired) electrons. The van der Waals surface area contributed by atoms with Crippen LogP contribution in [0.2, 0.25) is 0 Å². The lowest BCUT2D eigenvalue weighted by Crippen LogP contribution is -2.35. The summed E-state index contributed by atoms with van der Waals surface area (Å²) < 4.78 is 0. The normalized spacial score (nSPS) is 21.0. The Morgan fingerprint density at radius 2 is 2.27 bits per heavy atom. The minimum Gasteiger partial charge on any atom is -0.370 e. The van der Waals surface area contributed by atoms with Crippen LogP contribution in [-0.2, 0) is 6.54 Å². The van der Waals surface area contributed by atoms with E-state index in [-0.39, 0.29) is 0 Å². The Morgan fingerprint density at radius 1 is 1.47 bits per heavy atom. The highest BCUT2D eigenvalue weighted by atomic mass is 15.2. The van der Waals surface area contributed by atoms with Crippen LogP contribution in [0.5, 0.6) is 0 Å². The molecule has 1 heterocycles. The van der Waals surface area contributed by atoms with Gasteiger partial charge in [0.2, 0.25) is 0 Å². The van der Waals surface area contributed by atoms with Gasteiger partial charge in [-0.25, -0.2) is 0 Å². The molecule has 2 heteroatoms. The van der Waals surface area contributed by atoms with Crippen molar-refractivity contribution >= 4 is 5.69 Å². The summed E-state index contributed by atoms with van der Waals surface area (Å²) in [4.78, 5) is 2.46. The van der Waals surface area contributed by atoms with Gasteiger partial charge in [0.1, 0.15) is 0 Å².